The van der Waals surface area contributed by atoms with Gasteiger partial charge in [0.25, 0.3) is 0 Å². The molecular weight excluding hydrogens is 312 g/mol. The van der Waals surface area contributed by atoms with Gasteiger partial charge < -0.3 is 18.9 Å². The van der Waals surface area contributed by atoms with E-state index < -0.39 is 36.4 Å². The van der Waals surface area contributed by atoms with Crippen molar-refractivity contribution in [1.82, 2.24) is 0 Å². The van der Waals surface area contributed by atoms with Crippen molar-refractivity contribution < 1.29 is 28.5 Å². The Morgan fingerprint density at radius 1 is 1.00 bits per heavy atom. The second-order valence-corrected chi connectivity index (χ2v) is 4.50. The van der Waals surface area contributed by atoms with E-state index in [2.05, 4.69) is 20.1 Å². The van der Waals surface area contributed by atoms with E-state index in [0.717, 1.165) is 0 Å². The van der Waals surface area contributed by atoms with Crippen LogP contribution in [-0.4, -0.2) is 56.2 Å². The number of hydrogen-bond acceptors (Lipinski definition) is 8. The molecular formula is C11H16N6O6. The standard InChI is InChI=1S/C11H16N6O6/c1-6(18)22-10-8(3-14-16-12)20-5-21-9(4-15-17-13)11(10)23-7(2)19/h8-11H,3-5H2,1-2H3/t8-,9-,10-,11+/m1/s1. The maximum absolute atomic E-state index is 11.4. The van der Waals surface area contributed by atoms with Crippen molar-refractivity contribution in [2.75, 3.05) is 19.9 Å². The third-order valence-corrected chi connectivity index (χ3v) is 2.87. The van der Waals surface area contributed by atoms with Gasteiger partial charge in [0, 0.05) is 23.7 Å². The highest BCUT2D eigenvalue weighted by Gasteiger charge is 2.43. The summed E-state index contributed by atoms with van der Waals surface area (Å²) in [5.74, 6) is -1.29. The summed E-state index contributed by atoms with van der Waals surface area (Å²) in [4.78, 5) is 27.9. The topological polar surface area (TPSA) is 169 Å². The van der Waals surface area contributed by atoms with Gasteiger partial charge in [0.1, 0.15) is 19.0 Å². The van der Waals surface area contributed by atoms with Crippen LogP contribution in [0.1, 0.15) is 13.8 Å². The molecule has 12 nitrogen and oxygen atoms in total. The van der Waals surface area contributed by atoms with Crippen LogP contribution in [0.5, 0.6) is 0 Å². The molecule has 0 bridgehead atoms. The number of ether oxygens (including phenoxy) is 4. The van der Waals surface area contributed by atoms with Crippen LogP contribution in [0.2, 0.25) is 0 Å². The van der Waals surface area contributed by atoms with Gasteiger partial charge in [0.15, 0.2) is 12.2 Å². The van der Waals surface area contributed by atoms with Crippen LogP contribution in [0.4, 0.5) is 0 Å². The summed E-state index contributed by atoms with van der Waals surface area (Å²) >= 11 is 0. The van der Waals surface area contributed by atoms with Gasteiger partial charge in [-0.2, -0.15) is 0 Å². The summed E-state index contributed by atoms with van der Waals surface area (Å²) in [6.45, 7) is 1.77. The first-order valence-electron chi connectivity index (χ1n) is 6.59. The summed E-state index contributed by atoms with van der Waals surface area (Å²) in [6, 6.07) is 0. The van der Waals surface area contributed by atoms with Crippen LogP contribution in [0, 0.1) is 0 Å². The number of azide groups is 2. The highest BCUT2D eigenvalue weighted by Crippen LogP contribution is 2.23. The Hall–Kier alpha value is -2.52. The van der Waals surface area contributed by atoms with Crippen LogP contribution in [0.15, 0.2) is 10.2 Å². The normalized spacial score (nSPS) is 26.9. The first-order chi connectivity index (χ1) is 11.0. The van der Waals surface area contributed by atoms with E-state index in [1.807, 2.05) is 0 Å². The molecule has 126 valence electrons. The lowest BCUT2D eigenvalue weighted by molar-refractivity contribution is -0.176. The molecule has 1 rings (SSSR count). The molecule has 0 aromatic rings. The molecule has 1 fully saturated rings. The Labute approximate surface area is 130 Å². The van der Waals surface area contributed by atoms with Crippen LogP contribution in [-0.2, 0) is 28.5 Å². The number of carbonyl (C=O) groups excluding carboxylic acids is 2. The third kappa shape index (κ3) is 6.01. The van der Waals surface area contributed by atoms with E-state index in [-0.39, 0.29) is 19.9 Å². The van der Waals surface area contributed by atoms with Crippen LogP contribution >= 0.6 is 0 Å². The quantitative estimate of drug-likeness (QED) is 0.307. The molecule has 0 aliphatic carbocycles. The number of carbonyl (C=O) groups is 2. The molecule has 0 N–H and O–H groups in total. The van der Waals surface area contributed by atoms with Crippen molar-refractivity contribution in [2.45, 2.75) is 38.3 Å². The highest BCUT2D eigenvalue weighted by molar-refractivity contribution is 5.67. The Balaban J connectivity index is 3.13. The second-order valence-electron chi connectivity index (χ2n) is 4.50. The van der Waals surface area contributed by atoms with E-state index >= 15 is 0 Å². The lowest BCUT2D eigenvalue weighted by Gasteiger charge is -2.31. The molecule has 1 aliphatic rings. The molecule has 1 heterocycles. The Bertz CT molecular complexity index is 483. The third-order valence-electron chi connectivity index (χ3n) is 2.87. The molecule has 0 saturated carbocycles. The van der Waals surface area contributed by atoms with E-state index in [9.17, 15) is 9.59 Å². The zero-order valence-electron chi connectivity index (χ0n) is 12.6. The largest absolute Gasteiger partial charge is 0.456 e. The minimum atomic E-state index is -1.08. The zero-order chi connectivity index (χ0) is 17.2. The molecule has 0 radical (unpaired) electrons. The predicted octanol–water partition coefficient (Wildman–Crippen LogP) is 1.21. The van der Waals surface area contributed by atoms with Gasteiger partial charge in [-0.15, -0.1) is 0 Å². The van der Waals surface area contributed by atoms with Gasteiger partial charge in [0.05, 0.1) is 13.1 Å². The zero-order valence-corrected chi connectivity index (χ0v) is 12.6. The maximum atomic E-state index is 11.4. The van der Waals surface area contributed by atoms with Crippen LogP contribution in [0.3, 0.4) is 0 Å². The molecule has 1 saturated heterocycles. The molecule has 0 spiro atoms. The second kappa shape index (κ2) is 9.49. The van der Waals surface area contributed by atoms with Crippen molar-refractivity contribution in [3.05, 3.63) is 20.9 Å². The van der Waals surface area contributed by atoms with Crippen molar-refractivity contribution in [3.63, 3.8) is 0 Å². The molecule has 0 unspecified atom stereocenters. The average Bonchev–Trinajstić information content (AvgIpc) is 2.63. The van der Waals surface area contributed by atoms with Crippen molar-refractivity contribution >= 4 is 11.9 Å². The number of rotatable bonds is 6. The van der Waals surface area contributed by atoms with Gasteiger partial charge in [-0.05, 0) is 11.1 Å². The summed E-state index contributed by atoms with van der Waals surface area (Å²) in [6.07, 6.45) is -3.92. The first kappa shape index (κ1) is 18.5. The Morgan fingerprint density at radius 3 is 1.70 bits per heavy atom. The number of hydrogen-bond donors (Lipinski definition) is 0. The fourth-order valence-corrected chi connectivity index (χ4v) is 2.04. The monoisotopic (exact) mass is 328 g/mol. The summed E-state index contributed by atoms with van der Waals surface area (Å²) in [7, 11) is 0. The van der Waals surface area contributed by atoms with Gasteiger partial charge in [0.2, 0.25) is 0 Å². The van der Waals surface area contributed by atoms with Crippen LogP contribution in [0.25, 0.3) is 20.9 Å². The van der Waals surface area contributed by atoms with Crippen molar-refractivity contribution in [1.29, 1.82) is 0 Å². The highest BCUT2D eigenvalue weighted by atomic mass is 16.7. The fourth-order valence-electron chi connectivity index (χ4n) is 2.04. The Morgan fingerprint density at radius 2 is 1.39 bits per heavy atom. The van der Waals surface area contributed by atoms with E-state index in [1.54, 1.807) is 0 Å². The smallest absolute Gasteiger partial charge is 0.303 e. The fraction of sp³-hybridized carbons (Fsp3) is 0.818. The molecule has 23 heavy (non-hydrogen) atoms. The van der Waals surface area contributed by atoms with Gasteiger partial charge in [-0.25, -0.2) is 0 Å². The van der Waals surface area contributed by atoms with E-state index in [0.29, 0.717) is 0 Å². The molecule has 0 aromatic carbocycles. The van der Waals surface area contributed by atoms with Gasteiger partial charge >= 0.3 is 11.9 Å². The lowest BCUT2D eigenvalue weighted by atomic mass is 10.0. The summed E-state index contributed by atoms with van der Waals surface area (Å²) < 4.78 is 21.0. The summed E-state index contributed by atoms with van der Waals surface area (Å²) in [5, 5.41) is 6.76. The molecule has 0 aromatic heterocycles. The van der Waals surface area contributed by atoms with Crippen molar-refractivity contribution in [2.24, 2.45) is 10.2 Å². The SMILES string of the molecule is CC(=O)O[C@@H]1[C@H](OC(C)=O)[C@@H](CN=[N+]=[N-])OCO[C@@H]1CN=[N+]=[N-]. The van der Waals surface area contributed by atoms with E-state index in [1.165, 1.54) is 13.8 Å². The molecule has 4 atom stereocenters. The summed E-state index contributed by atoms with van der Waals surface area (Å²) in [5.41, 5.74) is 16.9. The lowest BCUT2D eigenvalue weighted by Crippen LogP contribution is -2.50. The average molecular weight is 328 g/mol. The van der Waals surface area contributed by atoms with Crippen molar-refractivity contribution in [3.8, 4) is 0 Å². The van der Waals surface area contributed by atoms with Crippen LogP contribution < -0.4 is 0 Å². The molecule has 12 heteroatoms. The number of esters is 2. The van der Waals surface area contributed by atoms with Gasteiger partial charge in [-0.3, -0.25) is 9.59 Å². The van der Waals surface area contributed by atoms with E-state index in [4.69, 9.17) is 30.0 Å². The predicted molar refractivity (Wildman–Crippen MR) is 73.7 cm³/mol. The minimum absolute atomic E-state index is 0.163. The first-order valence-corrected chi connectivity index (χ1v) is 6.59. The molecule has 0 amide bonds. The van der Waals surface area contributed by atoms with Gasteiger partial charge in [-0.1, -0.05) is 10.2 Å². The molecule has 1 aliphatic heterocycles. The Kier molecular flexibility index (Phi) is 7.64. The number of nitrogens with zero attached hydrogens (tertiary/aromatic N) is 6. The minimum Gasteiger partial charge on any atom is -0.456 e. The maximum Gasteiger partial charge on any atom is 0.303 e.